The standard InChI is InChI=1S/C10H12O2/c1-10-7-3-2-6(4-7)8(10)5-12-9(10)11/h2-3,6-8H,4-5H2,1H3. The Balaban J connectivity index is 2.12. The number of hydrogen-bond donors (Lipinski definition) is 0. The molecule has 1 heterocycles. The second-order valence-corrected chi connectivity index (χ2v) is 4.38. The van der Waals surface area contributed by atoms with Crippen LogP contribution in [0.2, 0.25) is 0 Å². The van der Waals surface area contributed by atoms with Crippen LogP contribution in [-0.4, -0.2) is 12.6 Å². The number of carbonyl (C=O) groups is 1. The van der Waals surface area contributed by atoms with Crippen LogP contribution in [0.4, 0.5) is 0 Å². The van der Waals surface area contributed by atoms with Gasteiger partial charge in [0.15, 0.2) is 0 Å². The van der Waals surface area contributed by atoms with Crippen molar-refractivity contribution in [2.24, 2.45) is 23.2 Å². The Morgan fingerprint density at radius 2 is 2.42 bits per heavy atom. The van der Waals surface area contributed by atoms with Crippen LogP contribution < -0.4 is 0 Å². The van der Waals surface area contributed by atoms with Crippen LogP contribution in [0.3, 0.4) is 0 Å². The summed E-state index contributed by atoms with van der Waals surface area (Å²) in [6.07, 6.45) is 5.64. The molecule has 0 aromatic heterocycles. The van der Waals surface area contributed by atoms with Gasteiger partial charge in [-0.1, -0.05) is 12.2 Å². The highest BCUT2D eigenvalue weighted by atomic mass is 16.5. The maximum absolute atomic E-state index is 11.5. The molecule has 4 unspecified atom stereocenters. The SMILES string of the molecule is CC12C(=O)OCC1C1C=CC2C1. The average Bonchev–Trinajstić information content (AvgIpc) is 2.65. The average molecular weight is 164 g/mol. The van der Waals surface area contributed by atoms with Gasteiger partial charge in [0.25, 0.3) is 0 Å². The molecule has 0 spiro atoms. The lowest BCUT2D eigenvalue weighted by Crippen LogP contribution is -2.33. The van der Waals surface area contributed by atoms with E-state index in [1.165, 1.54) is 6.42 Å². The summed E-state index contributed by atoms with van der Waals surface area (Å²) in [6, 6.07) is 0. The quantitative estimate of drug-likeness (QED) is 0.399. The van der Waals surface area contributed by atoms with E-state index in [1.54, 1.807) is 0 Å². The first kappa shape index (κ1) is 6.70. The molecule has 1 aliphatic heterocycles. The van der Waals surface area contributed by atoms with Gasteiger partial charge in [0.1, 0.15) is 0 Å². The Hall–Kier alpha value is -0.790. The summed E-state index contributed by atoms with van der Waals surface area (Å²) in [5.74, 6) is 1.58. The second kappa shape index (κ2) is 1.76. The summed E-state index contributed by atoms with van der Waals surface area (Å²) >= 11 is 0. The molecule has 2 heteroatoms. The minimum atomic E-state index is -0.167. The first-order chi connectivity index (χ1) is 5.73. The topological polar surface area (TPSA) is 26.3 Å². The Morgan fingerprint density at radius 3 is 3.17 bits per heavy atom. The first-order valence-corrected chi connectivity index (χ1v) is 4.58. The number of rotatable bonds is 0. The van der Waals surface area contributed by atoms with E-state index in [0.29, 0.717) is 24.4 Å². The van der Waals surface area contributed by atoms with Crippen LogP contribution in [0.1, 0.15) is 13.3 Å². The Morgan fingerprint density at radius 1 is 1.58 bits per heavy atom. The fraction of sp³-hybridized carbons (Fsp3) is 0.700. The van der Waals surface area contributed by atoms with Crippen LogP contribution in [0, 0.1) is 23.2 Å². The fourth-order valence-electron chi connectivity index (χ4n) is 3.11. The van der Waals surface area contributed by atoms with E-state index in [4.69, 9.17) is 4.74 Å². The first-order valence-electron chi connectivity index (χ1n) is 4.58. The van der Waals surface area contributed by atoms with E-state index in [9.17, 15) is 4.79 Å². The minimum absolute atomic E-state index is 0.0318. The Bertz CT molecular complexity index is 282. The van der Waals surface area contributed by atoms with Gasteiger partial charge in [0.2, 0.25) is 0 Å². The number of fused-ring (bicyclic) bond motifs is 5. The van der Waals surface area contributed by atoms with E-state index in [2.05, 4.69) is 19.1 Å². The molecule has 2 fully saturated rings. The summed E-state index contributed by atoms with van der Waals surface area (Å²) in [5.41, 5.74) is -0.167. The molecule has 12 heavy (non-hydrogen) atoms. The van der Waals surface area contributed by atoms with Crippen molar-refractivity contribution in [2.45, 2.75) is 13.3 Å². The molecule has 1 saturated heterocycles. The maximum atomic E-state index is 11.5. The molecule has 3 aliphatic rings. The third kappa shape index (κ3) is 0.501. The van der Waals surface area contributed by atoms with Crippen molar-refractivity contribution in [3.8, 4) is 0 Å². The van der Waals surface area contributed by atoms with Gasteiger partial charge in [0, 0.05) is 5.92 Å². The van der Waals surface area contributed by atoms with Crippen LogP contribution in [0.5, 0.6) is 0 Å². The van der Waals surface area contributed by atoms with Gasteiger partial charge < -0.3 is 4.74 Å². The molecular weight excluding hydrogens is 152 g/mol. The van der Waals surface area contributed by atoms with Crippen molar-refractivity contribution in [3.05, 3.63) is 12.2 Å². The van der Waals surface area contributed by atoms with Crippen molar-refractivity contribution < 1.29 is 9.53 Å². The van der Waals surface area contributed by atoms with Crippen molar-refractivity contribution in [1.82, 2.24) is 0 Å². The summed E-state index contributed by atoms with van der Waals surface area (Å²) in [7, 11) is 0. The van der Waals surface area contributed by atoms with E-state index < -0.39 is 0 Å². The van der Waals surface area contributed by atoms with E-state index in [0.717, 1.165) is 0 Å². The normalized spacial score (nSPS) is 54.4. The number of cyclic esters (lactones) is 1. The third-order valence-corrected chi connectivity index (χ3v) is 4.01. The minimum Gasteiger partial charge on any atom is -0.465 e. The molecule has 0 aromatic rings. The smallest absolute Gasteiger partial charge is 0.312 e. The highest BCUT2D eigenvalue weighted by molar-refractivity contribution is 5.80. The van der Waals surface area contributed by atoms with Gasteiger partial charge >= 0.3 is 5.97 Å². The van der Waals surface area contributed by atoms with Gasteiger partial charge in [0.05, 0.1) is 12.0 Å². The van der Waals surface area contributed by atoms with Gasteiger partial charge in [-0.05, 0) is 25.2 Å². The van der Waals surface area contributed by atoms with E-state index in [1.807, 2.05) is 0 Å². The number of esters is 1. The number of ether oxygens (including phenoxy) is 1. The highest BCUT2D eigenvalue weighted by Gasteiger charge is 2.61. The maximum Gasteiger partial charge on any atom is 0.312 e. The Labute approximate surface area is 71.6 Å². The van der Waals surface area contributed by atoms with Crippen LogP contribution in [-0.2, 0) is 9.53 Å². The van der Waals surface area contributed by atoms with Gasteiger partial charge in [-0.2, -0.15) is 0 Å². The molecular formula is C10H12O2. The molecule has 2 bridgehead atoms. The summed E-state index contributed by atoms with van der Waals surface area (Å²) < 4.78 is 5.12. The van der Waals surface area contributed by atoms with Crippen LogP contribution in [0.25, 0.3) is 0 Å². The molecule has 2 aliphatic carbocycles. The van der Waals surface area contributed by atoms with Crippen molar-refractivity contribution in [3.63, 3.8) is 0 Å². The number of carbonyl (C=O) groups excluding carboxylic acids is 1. The van der Waals surface area contributed by atoms with Gasteiger partial charge in [-0.15, -0.1) is 0 Å². The summed E-state index contributed by atoms with van der Waals surface area (Å²) in [6.45, 7) is 2.72. The van der Waals surface area contributed by atoms with Crippen molar-refractivity contribution >= 4 is 5.97 Å². The number of hydrogen-bond acceptors (Lipinski definition) is 2. The van der Waals surface area contributed by atoms with Crippen molar-refractivity contribution in [2.75, 3.05) is 6.61 Å². The fourth-order valence-corrected chi connectivity index (χ4v) is 3.11. The second-order valence-electron chi connectivity index (χ2n) is 4.38. The van der Waals surface area contributed by atoms with Gasteiger partial charge in [-0.25, -0.2) is 0 Å². The van der Waals surface area contributed by atoms with Crippen LogP contribution >= 0.6 is 0 Å². The molecule has 0 N–H and O–H groups in total. The third-order valence-electron chi connectivity index (χ3n) is 4.01. The van der Waals surface area contributed by atoms with Crippen molar-refractivity contribution in [1.29, 1.82) is 0 Å². The zero-order valence-corrected chi connectivity index (χ0v) is 7.12. The largest absolute Gasteiger partial charge is 0.465 e. The lowest BCUT2D eigenvalue weighted by atomic mass is 9.72. The molecule has 0 radical (unpaired) electrons. The molecule has 0 amide bonds. The Kier molecular flexibility index (Phi) is 0.980. The zero-order chi connectivity index (χ0) is 8.34. The summed E-state index contributed by atoms with van der Waals surface area (Å²) in [5, 5.41) is 0. The molecule has 0 aromatic carbocycles. The molecule has 4 atom stereocenters. The monoisotopic (exact) mass is 164 g/mol. The molecule has 3 rings (SSSR count). The lowest BCUT2D eigenvalue weighted by molar-refractivity contribution is -0.146. The highest BCUT2D eigenvalue weighted by Crippen LogP contribution is 2.59. The van der Waals surface area contributed by atoms with E-state index >= 15 is 0 Å². The van der Waals surface area contributed by atoms with Gasteiger partial charge in [-0.3, -0.25) is 4.79 Å². The summed E-state index contributed by atoms with van der Waals surface area (Å²) in [4.78, 5) is 11.5. The predicted octanol–water partition coefficient (Wildman–Crippen LogP) is 1.37. The molecule has 64 valence electrons. The number of allylic oxidation sites excluding steroid dienone is 2. The van der Waals surface area contributed by atoms with E-state index in [-0.39, 0.29) is 11.4 Å². The van der Waals surface area contributed by atoms with Crippen LogP contribution in [0.15, 0.2) is 12.2 Å². The molecule has 2 nitrogen and oxygen atoms in total. The zero-order valence-electron chi connectivity index (χ0n) is 7.12. The lowest BCUT2D eigenvalue weighted by Gasteiger charge is -2.27. The molecule has 1 saturated carbocycles. The predicted molar refractivity (Wildman–Crippen MR) is 43.3 cm³/mol.